The molecule has 0 fully saturated rings. The van der Waals surface area contributed by atoms with Gasteiger partial charge in [-0.2, -0.15) is 15.6 Å². The second kappa shape index (κ2) is 7.33. The fraction of sp³-hybridized carbons (Fsp3) is 0. The number of rotatable bonds is 3. The van der Waals surface area contributed by atoms with Gasteiger partial charge in [0.25, 0.3) is 0 Å². The van der Waals surface area contributed by atoms with E-state index in [2.05, 4.69) is 11.2 Å². The number of anilines is 1. The highest BCUT2D eigenvalue weighted by Crippen LogP contribution is 2.31. The molecule has 0 unspecified atom stereocenters. The van der Waals surface area contributed by atoms with Gasteiger partial charge in [0.15, 0.2) is 0 Å². The van der Waals surface area contributed by atoms with E-state index in [0.29, 0.717) is 21.3 Å². The van der Waals surface area contributed by atoms with Crippen molar-refractivity contribution in [3.05, 3.63) is 75.4 Å². The second-order valence-corrected chi connectivity index (χ2v) is 6.07. The molecule has 0 saturated carbocycles. The Morgan fingerprint density at radius 1 is 1.08 bits per heavy atom. The van der Waals surface area contributed by atoms with E-state index in [0.717, 1.165) is 0 Å². The van der Waals surface area contributed by atoms with Crippen molar-refractivity contribution in [3.63, 3.8) is 0 Å². The molecule has 0 bridgehead atoms. The van der Waals surface area contributed by atoms with Crippen molar-refractivity contribution < 1.29 is 0 Å². The van der Waals surface area contributed by atoms with Gasteiger partial charge in [0, 0.05) is 0 Å². The molecule has 2 N–H and O–H groups in total. The van der Waals surface area contributed by atoms with Crippen LogP contribution >= 0.6 is 23.2 Å². The normalized spacial score (nSPS) is 11.0. The number of halogens is 2. The molecule has 0 spiro atoms. The molecule has 1 heterocycles. The fourth-order valence-corrected chi connectivity index (χ4v) is 2.80. The van der Waals surface area contributed by atoms with Gasteiger partial charge in [-0.3, -0.25) is 0 Å². The third kappa shape index (κ3) is 3.14. The number of para-hydroxylation sites is 1. The zero-order chi connectivity index (χ0) is 18.7. The average Bonchev–Trinajstić information content (AvgIpc) is 3.00. The summed E-state index contributed by atoms with van der Waals surface area (Å²) in [4.78, 5) is 0. The van der Waals surface area contributed by atoms with Crippen molar-refractivity contribution >= 4 is 40.7 Å². The Labute approximate surface area is 160 Å². The number of nitrogens with zero attached hydrogens (tertiary/aromatic N) is 4. The summed E-state index contributed by atoms with van der Waals surface area (Å²) in [5.74, 6) is 0.159. The van der Waals surface area contributed by atoms with Crippen LogP contribution in [0.25, 0.3) is 17.3 Å². The van der Waals surface area contributed by atoms with Gasteiger partial charge in [-0.15, -0.1) is 0 Å². The first-order chi connectivity index (χ1) is 12.6. The molecule has 0 amide bonds. The number of nitriles is 2. The Kier molecular flexibility index (Phi) is 4.95. The molecule has 3 rings (SSSR count). The van der Waals surface area contributed by atoms with Gasteiger partial charge in [0.2, 0.25) is 0 Å². The molecule has 126 valence electrons. The minimum absolute atomic E-state index is 0.125. The lowest BCUT2D eigenvalue weighted by molar-refractivity contribution is 0.885. The molecule has 2 aromatic carbocycles. The van der Waals surface area contributed by atoms with Crippen LogP contribution < -0.4 is 5.73 Å². The van der Waals surface area contributed by atoms with Gasteiger partial charge in [-0.25, -0.2) is 4.68 Å². The van der Waals surface area contributed by atoms with Crippen molar-refractivity contribution in [2.24, 2.45) is 0 Å². The first-order valence-electron chi connectivity index (χ1n) is 7.47. The SMILES string of the molecule is N#CC(=Cc1cccc(Cl)c1Cl)c1nn(-c2ccccc2)c(N)c1C#N. The largest absolute Gasteiger partial charge is 0.382 e. The number of aromatic nitrogens is 2. The van der Waals surface area contributed by atoms with Gasteiger partial charge in [-0.1, -0.05) is 53.5 Å². The third-order valence-electron chi connectivity index (χ3n) is 3.69. The maximum atomic E-state index is 9.60. The Bertz CT molecular complexity index is 1090. The minimum Gasteiger partial charge on any atom is -0.382 e. The van der Waals surface area contributed by atoms with Crippen molar-refractivity contribution in [1.82, 2.24) is 9.78 Å². The Balaban J connectivity index is 2.19. The Hall–Kier alpha value is -3.25. The summed E-state index contributed by atoms with van der Waals surface area (Å²) in [5.41, 5.74) is 7.79. The standard InChI is InChI=1S/C19H11Cl2N5/c20-16-8-4-5-12(17(16)21)9-13(10-22)18-15(11-23)19(24)26(25-18)14-6-2-1-3-7-14/h1-9H,24H2. The predicted octanol–water partition coefficient (Wildman–Crippen LogP) is 4.70. The third-order valence-corrected chi connectivity index (χ3v) is 4.52. The van der Waals surface area contributed by atoms with Crippen molar-refractivity contribution in [3.8, 4) is 17.8 Å². The smallest absolute Gasteiger partial charge is 0.145 e. The van der Waals surface area contributed by atoms with Crippen LogP contribution in [0.3, 0.4) is 0 Å². The molecular formula is C19H11Cl2N5. The molecule has 0 aliphatic heterocycles. The first-order valence-corrected chi connectivity index (χ1v) is 8.22. The minimum atomic E-state index is 0.125. The molecule has 26 heavy (non-hydrogen) atoms. The zero-order valence-corrected chi connectivity index (χ0v) is 14.8. The summed E-state index contributed by atoms with van der Waals surface area (Å²) < 4.78 is 1.43. The lowest BCUT2D eigenvalue weighted by Crippen LogP contribution is -2.02. The van der Waals surface area contributed by atoms with E-state index < -0.39 is 0 Å². The highest BCUT2D eigenvalue weighted by Gasteiger charge is 2.20. The van der Waals surface area contributed by atoms with Crippen LogP contribution in [0.2, 0.25) is 10.0 Å². The van der Waals surface area contributed by atoms with E-state index in [4.69, 9.17) is 28.9 Å². The summed E-state index contributed by atoms with van der Waals surface area (Å²) in [7, 11) is 0. The molecule has 7 heteroatoms. The van der Waals surface area contributed by atoms with Crippen LogP contribution in [0, 0.1) is 22.7 Å². The number of allylic oxidation sites excluding steroid dienone is 1. The number of nitrogens with two attached hydrogens (primary N) is 1. The van der Waals surface area contributed by atoms with E-state index in [9.17, 15) is 10.5 Å². The number of hydrogen-bond acceptors (Lipinski definition) is 4. The monoisotopic (exact) mass is 379 g/mol. The van der Waals surface area contributed by atoms with Gasteiger partial charge < -0.3 is 5.73 Å². The lowest BCUT2D eigenvalue weighted by atomic mass is 10.1. The van der Waals surface area contributed by atoms with E-state index in [1.165, 1.54) is 10.8 Å². The number of nitrogen functional groups attached to an aromatic ring is 1. The van der Waals surface area contributed by atoms with Crippen molar-refractivity contribution in [2.75, 3.05) is 5.73 Å². The molecular weight excluding hydrogens is 369 g/mol. The first kappa shape index (κ1) is 17.6. The molecule has 3 aromatic rings. The molecule has 0 aliphatic rings. The maximum Gasteiger partial charge on any atom is 0.145 e. The van der Waals surface area contributed by atoms with Crippen LogP contribution in [0.5, 0.6) is 0 Å². The van der Waals surface area contributed by atoms with Crippen LogP contribution in [0.15, 0.2) is 48.5 Å². The Morgan fingerprint density at radius 2 is 1.81 bits per heavy atom. The lowest BCUT2D eigenvalue weighted by Gasteiger charge is -2.02. The van der Waals surface area contributed by atoms with Crippen molar-refractivity contribution in [2.45, 2.75) is 0 Å². The molecule has 0 saturated heterocycles. The summed E-state index contributed by atoms with van der Waals surface area (Å²) >= 11 is 12.2. The zero-order valence-electron chi connectivity index (χ0n) is 13.3. The number of benzene rings is 2. The van der Waals surface area contributed by atoms with Crippen LogP contribution in [0.4, 0.5) is 5.82 Å². The predicted molar refractivity (Wildman–Crippen MR) is 103 cm³/mol. The van der Waals surface area contributed by atoms with Gasteiger partial charge in [0.05, 0.1) is 21.3 Å². The van der Waals surface area contributed by atoms with E-state index in [1.807, 2.05) is 24.3 Å². The van der Waals surface area contributed by atoms with Crippen LogP contribution in [-0.4, -0.2) is 9.78 Å². The van der Waals surface area contributed by atoms with Gasteiger partial charge in [0.1, 0.15) is 29.2 Å². The molecule has 5 nitrogen and oxygen atoms in total. The summed E-state index contributed by atoms with van der Waals surface area (Å²) in [6.07, 6.45) is 1.53. The Morgan fingerprint density at radius 3 is 2.46 bits per heavy atom. The quantitative estimate of drug-likeness (QED) is 0.667. The molecule has 0 atom stereocenters. The molecule has 0 aliphatic carbocycles. The number of hydrogen-bond donors (Lipinski definition) is 1. The van der Waals surface area contributed by atoms with E-state index >= 15 is 0 Å². The van der Waals surface area contributed by atoms with E-state index in [1.54, 1.807) is 30.3 Å². The van der Waals surface area contributed by atoms with E-state index in [-0.39, 0.29) is 22.6 Å². The summed E-state index contributed by atoms with van der Waals surface area (Å²) in [6, 6.07) is 18.3. The maximum absolute atomic E-state index is 9.60. The average molecular weight is 380 g/mol. The summed E-state index contributed by atoms with van der Waals surface area (Å²) in [6.45, 7) is 0. The molecule has 0 radical (unpaired) electrons. The van der Waals surface area contributed by atoms with Gasteiger partial charge in [-0.05, 0) is 29.8 Å². The second-order valence-electron chi connectivity index (χ2n) is 5.28. The summed E-state index contributed by atoms with van der Waals surface area (Å²) in [5, 5.41) is 24.2. The highest BCUT2D eigenvalue weighted by molar-refractivity contribution is 6.43. The highest BCUT2D eigenvalue weighted by atomic mass is 35.5. The molecule has 1 aromatic heterocycles. The van der Waals surface area contributed by atoms with Crippen LogP contribution in [-0.2, 0) is 0 Å². The topological polar surface area (TPSA) is 91.4 Å². The fourth-order valence-electron chi connectivity index (χ4n) is 2.44. The van der Waals surface area contributed by atoms with Gasteiger partial charge >= 0.3 is 0 Å². The van der Waals surface area contributed by atoms with Crippen molar-refractivity contribution in [1.29, 1.82) is 10.5 Å². The van der Waals surface area contributed by atoms with Crippen LogP contribution in [0.1, 0.15) is 16.8 Å².